The van der Waals surface area contributed by atoms with E-state index < -0.39 is 22.0 Å². The van der Waals surface area contributed by atoms with Gasteiger partial charge in [-0.2, -0.15) is 0 Å². The Hall–Kier alpha value is -2.81. The minimum atomic E-state index is -1.39. The van der Waals surface area contributed by atoms with Crippen LogP contribution in [-0.2, 0) is 0 Å². The van der Waals surface area contributed by atoms with Gasteiger partial charge in [0.05, 0.1) is 21.3 Å². The number of carboxylic acid groups (broad SMARTS) is 1. The Morgan fingerprint density at radius 2 is 2.20 bits per heavy atom. The molecule has 0 fully saturated rings. The zero-order chi connectivity index (χ0) is 14.4. The summed E-state index contributed by atoms with van der Waals surface area (Å²) in [6, 6.07) is 4.06. The first-order valence-corrected chi connectivity index (χ1v) is 6.12. The average Bonchev–Trinajstić information content (AvgIpc) is 2.76. The Labute approximate surface area is 113 Å². The molecule has 2 heterocycles. The number of thiazole rings is 1. The van der Waals surface area contributed by atoms with Crippen molar-refractivity contribution in [1.82, 2.24) is 9.38 Å². The number of non-ortho nitro benzene ring substituents is 1. The Morgan fingerprint density at radius 3 is 2.85 bits per heavy atom. The normalized spacial score (nSPS) is 11.0. The first kappa shape index (κ1) is 12.2. The molecule has 0 aliphatic carbocycles. The van der Waals surface area contributed by atoms with Gasteiger partial charge in [-0.25, -0.2) is 14.2 Å². The van der Waals surface area contributed by atoms with Crippen LogP contribution >= 0.6 is 11.3 Å². The van der Waals surface area contributed by atoms with Gasteiger partial charge < -0.3 is 5.11 Å². The fraction of sp³-hybridized carbons (Fsp3) is 0. The fourth-order valence-corrected chi connectivity index (χ4v) is 2.82. The number of aromatic nitrogens is 2. The van der Waals surface area contributed by atoms with Crippen LogP contribution in [0.3, 0.4) is 0 Å². The number of nitro benzene ring substituents is 1. The summed E-state index contributed by atoms with van der Waals surface area (Å²) in [5, 5.41) is 19.7. The minimum Gasteiger partial charge on any atom is -0.477 e. The highest BCUT2D eigenvalue weighted by Crippen LogP contribution is 2.27. The lowest BCUT2D eigenvalue weighted by Crippen LogP contribution is -2.21. The molecule has 1 aromatic carbocycles. The zero-order valence-corrected chi connectivity index (χ0v) is 10.5. The molecule has 3 rings (SSSR count). The van der Waals surface area contributed by atoms with Crippen molar-refractivity contribution in [2.75, 3.05) is 0 Å². The first-order valence-electron chi connectivity index (χ1n) is 5.31. The highest BCUT2D eigenvalue weighted by molar-refractivity contribution is 7.23. The van der Waals surface area contributed by atoms with Gasteiger partial charge in [0.1, 0.15) is 5.56 Å². The highest BCUT2D eigenvalue weighted by Gasteiger charge is 2.17. The predicted octanol–water partition coefficient (Wildman–Crippen LogP) is 1.52. The van der Waals surface area contributed by atoms with Gasteiger partial charge in [0.2, 0.25) is 0 Å². The fourth-order valence-electron chi connectivity index (χ4n) is 1.85. The van der Waals surface area contributed by atoms with Gasteiger partial charge >= 0.3 is 5.97 Å². The third kappa shape index (κ3) is 1.64. The van der Waals surface area contributed by atoms with E-state index in [1.54, 1.807) is 0 Å². The van der Waals surface area contributed by atoms with Gasteiger partial charge in [0, 0.05) is 12.1 Å². The summed E-state index contributed by atoms with van der Waals surface area (Å²) in [6.45, 7) is 0. The Morgan fingerprint density at radius 1 is 1.45 bits per heavy atom. The maximum atomic E-state index is 12.1. The van der Waals surface area contributed by atoms with Crippen molar-refractivity contribution in [3.05, 3.63) is 50.4 Å². The molecule has 0 saturated heterocycles. The van der Waals surface area contributed by atoms with Gasteiger partial charge in [-0.1, -0.05) is 11.3 Å². The molecule has 0 amide bonds. The number of rotatable bonds is 2. The molecular weight excluding hydrogens is 286 g/mol. The van der Waals surface area contributed by atoms with Crippen LogP contribution in [0.15, 0.2) is 29.2 Å². The quantitative estimate of drug-likeness (QED) is 0.565. The largest absolute Gasteiger partial charge is 0.477 e. The van der Waals surface area contributed by atoms with E-state index in [2.05, 4.69) is 4.98 Å². The standard InChI is InChI=1S/C11H5N3O5S/c15-9-6(10(16)17)4-12-11-13(9)7-3-5(14(18)19)1-2-8(7)20-11/h1-4H,(H,16,17). The highest BCUT2D eigenvalue weighted by atomic mass is 32.1. The first-order chi connectivity index (χ1) is 9.49. The van der Waals surface area contributed by atoms with Crippen LogP contribution in [0.1, 0.15) is 10.4 Å². The maximum Gasteiger partial charge on any atom is 0.342 e. The second-order valence-corrected chi connectivity index (χ2v) is 4.92. The third-order valence-corrected chi connectivity index (χ3v) is 3.79. The Kier molecular flexibility index (Phi) is 2.51. The van der Waals surface area contributed by atoms with Crippen molar-refractivity contribution in [2.24, 2.45) is 0 Å². The molecule has 0 aliphatic heterocycles. The molecule has 0 bridgehead atoms. The maximum absolute atomic E-state index is 12.1. The summed E-state index contributed by atoms with van der Waals surface area (Å²) in [4.78, 5) is 37.4. The second kappa shape index (κ2) is 4.10. The van der Waals surface area contributed by atoms with Crippen LogP contribution in [0.25, 0.3) is 15.2 Å². The summed E-state index contributed by atoms with van der Waals surface area (Å²) < 4.78 is 1.69. The van der Waals surface area contributed by atoms with E-state index in [0.717, 1.165) is 21.9 Å². The molecule has 0 radical (unpaired) electrons. The van der Waals surface area contributed by atoms with Crippen LogP contribution in [0.5, 0.6) is 0 Å². The van der Waals surface area contributed by atoms with Crippen LogP contribution in [0.2, 0.25) is 0 Å². The average molecular weight is 291 g/mol. The molecule has 9 heteroatoms. The summed E-state index contributed by atoms with van der Waals surface area (Å²) in [6.07, 6.45) is 0.990. The van der Waals surface area contributed by atoms with E-state index in [4.69, 9.17) is 5.11 Å². The van der Waals surface area contributed by atoms with Crippen molar-refractivity contribution >= 4 is 38.2 Å². The number of aromatic carboxylic acids is 1. The molecule has 0 unspecified atom stereocenters. The zero-order valence-electron chi connectivity index (χ0n) is 9.64. The number of carbonyl (C=O) groups is 1. The van der Waals surface area contributed by atoms with Crippen molar-refractivity contribution in [3.63, 3.8) is 0 Å². The van der Waals surface area contributed by atoms with Crippen molar-refractivity contribution in [2.45, 2.75) is 0 Å². The summed E-state index contributed by atoms with van der Waals surface area (Å²) >= 11 is 1.15. The number of benzene rings is 1. The van der Waals surface area contributed by atoms with Gasteiger partial charge in [0.25, 0.3) is 11.2 Å². The lowest BCUT2D eigenvalue weighted by molar-refractivity contribution is -0.384. The number of nitro groups is 1. The minimum absolute atomic E-state index is 0.176. The Balaban J connectivity index is 2.49. The molecule has 0 aliphatic rings. The van der Waals surface area contributed by atoms with Crippen molar-refractivity contribution < 1.29 is 14.8 Å². The molecule has 3 aromatic rings. The lowest BCUT2D eigenvalue weighted by atomic mass is 10.3. The van der Waals surface area contributed by atoms with Crippen LogP contribution in [0, 0.1) is 10.1 Å². The monoisotopic (exact) mass is 291 g/mol. The van der Waals surface area contributed by atoms with Gasteiger partial charge in [-0.3, -0.25) is 14.9 Å². The van der Waals surface area contributed by atoms with E-state index in [-0.39, 0.29) is 16.2 Å². The van der Waals surface area contributed by atoms with E-state index in [1.807, 2.05) is 0 Å². The molecule has 20 heavy (non-hydrogen) atoms. The number of hydrogen-bond acceptors (Lipinski definition) is 6. The molecule has 100 valence electrons. The molecule has 8 nitrogen and oxygen atoms in total. The van der Waals surface area contributed by atoms with Crippen LogP contribution < -0.4 is 5.56 Å². The number of nitrogens with zero attached hydrogens (tertiary/aromatic N) is 3. The lowest BCUT2D eigenvalue weighted by Gasteiger charge is -1.97. The molecule has 2 aromatic heterocycles. The van der Waals surface area contributed by atoms with Gasteiger partial charge in [0.15, 0.2) is 4.96 Å². The van der Waals surface area contributed by atoms with E-state index >= 15 is 0 Å². The topological polar surface area (TPSA) is 115 Å². The summed E-state index contributed by atoms with van der Waals surface area (Å²) in [5.74, 6) is -1.39. The number of carboxylic acids is 1. The van der Waals surface area contributed by atoms with Crippen LogP contribution in [-0.4, -0.2) is 25.4 Å². The predicted molar refractivity (Wildman–Crippen MR) is 70.5 cm³/mol. The van der Waals surface area contributed by atoms with Gasteiger partial charge in [-0.15, -0.1) is 0 Å². The summed E-state index contributed by atoms with van der Waals surface area (Å²) in [7, 11) is 0. The van der Waals surface area contributed by atoms with E-state index in [1.165, 1.54) is 18.2 Å². The Bertz CT molecular complexity index is 942. The van der Waals surface area contributed by atoms with Crippen molar-refractivity contribution in [3.8, 4) is 0 Å². The molecule has 0 spiro atoms. The SMILES string of the molecule is O=C(O)c1cnc2sc3ccc([N+](=O)[O-])cc3n2c1=O. The number of hydrogen-bond donors (Lipinski definition) is 1. The van der Waals surface area contributed by atoms with Gasteiger partial charge in [-0.05, 0) is 6.07 Å². The second-order valence-electron chi connectivity index (χ2n) is 3.91. The molecule has 0 saturated carbocycles. The molecule has 0 atom stereocenters. The third-order valence-electron chi connectivity index (χ3n) is 2.75. The molecular formula is C11H5N3O5S. The van der Waals surface area contributed by atoms with E-state index in [0.29, 0.717) is 4.70 Å². The van der Waals surface area contributed by atoms with Crippen molar-refractivity contribution in [1.29, 1.82) is 0 Å². The number of fused-ring (bicyclic) bond motifs is 3. The summed E-state index contributed by atoms with van der Waals surface area (Å²) in [5.41, 5.74) is -1.13. The smallest absolute Gasteiger partial charge is 0.342 e. The van der Waals surface area contributed by atoms with E-state index in [9.17, 15) is 19.7 Å². The van der Waals surface area contributed by atoms with Crippen LogP contribution in [0.4, 0.5) is 5.69 Å². The molecule has 1 N–H and O–H groups in total.